The van der Waals surface area contributed by atoms with Gasteiger partial charge in [0.25, 0.3) is 0 Å². The van der Waals surface area contributed by atoms with Gasteiger partial charge in [-0.1, -0.05) is 28.1 Å². The van der Waals surface area contributed by atoms with Crippen molar-refractivity contribution in [2.45, 2.75) is 6.54 Å². The summed E-state index contributed by atoms with van der Waals surface area (Å²) in [6, 6.07) is 7.87. The predicted octanol–water partition coefficient (Wildman–Crippen LogP) is 3.51. The van der Waals surface area contributed by atoms with Crippen molar-refractivity contribution in [3.05, 3.63) is 47.9 Å². The molecule has 2 nitrogen and oxygen atoms in total. The summed E-state index contributed by atoms with van der Waals surface area (Å²) in [6.45, 7) is 0.560. The second-order valence-corrected chi connectivity index (χ2v) is 6.54. The van der Waals surface area contributed by atoms with E-state index in [0.717, 1.165) is 10.0 Å². The van der Waals surface area contributed by atoms with E-state index in [9.17, 15) is 4.79 Å². The van der Waals surface area contributed by atoms with Gasteiger partial charge in [0.15, 0.2) is 3.95 Å². The number of hydrogen-bond donors (Lipinski definition) is 0. The summed E-state index contributed by atoms with van der Waals surface area (Å²) in [5.41, 5.74) is 1.08. The van der Waals surface area contributed by atoms with Crippen LogP contribution >= 0.6 is 48.8 Å². The van der Waals surface area contributed by atoms with Crippen LogP contribution in [0.25, 0.3) is 0 Å². The van der Waals surface area contributed by atoms with Gasteiger partial charge in [-0.05, 0) is 50.6 Å². The molecule has 0 bridgehead atoms. The van der Waals surface area contributed by atoms with Crippen molar-refractivity contribution in [2.75, 3.05) is 0 Å². The smallest absolute Gasteiger partial charge is 0.276 e. The van der Waals surface area contributed by atoms with Gasteiger partial charge < -0.3 is 0 Å². The van der Waals surface area contributed by atoms with E-state index >= 15 is 0 Å². The van der Waals surface area contributed by atoms with Crippen LogP contribution in [0.2, 0.25) is 0 Å². The molecule has 2 aromatic rings. The van der Waals surface area contributed by atoms with Crippen molar-refractivity contribution in [1.29, 1.82) is 0 Å². The highest BCUT2D eigenvalue weighted by atomic mass is 79.9. The van der Waals surface area contributed by atoms with Crippen LogP contribution in [0.3, 0.4) is 0 Å². The van der Waals surface area contributed by atoms with E-state index in [4.69, 9.17) is 12.2 Å². The number of halogens is 1. The predicted molar refractivity (Wildman–Crippen MR) is 70.5 cm³/mol. The molecule has 78 valence electrons. The fourth-order valence-corrected chi connectivity index (χ4v) is 3.56. The van der Waals surface area contributed by atoms with Gasteiger partial charge in [0, 0.05) is 4.47 Å². The quantitative estimate of drug-likeness (QED) is 0.624. The monoisotopic (exact) mass is 319 g/mol. The molecule has 0 fully saturated rings. The fraction of sp³-hybridized carbons (Fsp3) is 0.111. The van der Waals surface area contributed by atoms with Gasteiger partial charge in [-0.15, -0.1) is 0 Å². The van der Waals surface area contributed by atoms with Gasteiger partial charge in [-0.25, -0.2) is 0 Å². The summed E-state index contributed by atoms with van der Waals surface area (Å²) in [6.07, 6.45) is 0. The third kappa shape index (κ3) is 2.63. The molecule has 0 radical (unpaired) electrons. The van der Waals surface area contributed by atoms with Crippen LogP contribution in [0.5, 0.6) is 0 Å². The van der Waals surface area contributed by atoms with Crippen LogP contribution in [0, 0.1) is 3.95 Å². The molecule has 0 N–H and O–H groups in total. The van der Waals surface area contributed by atoms with Gasteiger partial charge in [0.1, 0.15) is 0 Å². The van der Waals surface area contributed by atoms with Crippen LogP contribution in [0.4, 0.5) is 0 Å². The van der Waals surface area contributed by atoms with E-state index in [1.807, 2.05) is 24.3 Å². The highest BCUT2D eigenvalue weighted by molar-refractivity contribution is 9.10. The maximum absolute atomic E-state index is 11.4. The Hall–Kier alpha value is -0.300. The van der Waals surface area contributed by atoms with Crippen LogP contribution in [-0.4, -0.2) is 4.57 Å². The molecule has 0 aliphatic heterocycles. The first-order chi connectivity index (χ1) is 7.16. The third-order valence-electron chi connectivity index (χ3n) is 1.88. The first-order valence-electron chi connectivity index (χ1n) is 4.11. The largest absolute Gasteiger partial charge is 0.319 e. The molecular formula is C9H6BrNOS3. The average molecular weight is 320 g/mol. The van der Waals surface area contributed by atoms with Crippen molar-refractivity contribution in [3.63, 3.8) is 0 Å². The molecule has 0 saturated heterocycles. The lowest BCUT2D eigenvalue weighted by Gasteiger charge is -2.01. The standard InChI is InChI=1S/C9H6BrNOS3/c10-7-3-1-6(2-4-7)5-11-8(12)14-15-9(11)13/h1-4H,5H2. The van der Waals surface area contributed by atoms with Gasteiger partial charge in [0.05, 0.1) is 6.54 Å². The second-order valence-electron chi connectivity index (χ2n) is 2.91. The normalized spacial score (nSPS) is 10.5. The van der Waals surface area contributed by atoms with Gasteiger partial charge in [0.2, 0.25) is 0 Å². The Labute approximate surface area is 107 Å². The molecular weight excluding hydrogens is 314 g/mol. The van der Waals surface area contributed by atoms with E-state index < -0.39 is 0 Å². The summed E-state index contributed by atoms with van der Waals surface area (Å²) in [5, 5.41) is 0. The Morgan fingerprint density at radius 3 is 2.47 bits per heavy atom. The number of benzene rings is 1. The van der Waals surface area contributed by atoms with E-state index in [-0.39, 0.29) is 4.87 Å². The van der Waals surface area contributed by atoms with Crippen molar-refractivity contribution in [3.8, 4) is 0 Å². The van der Waals surface area contributed by atoms with Crippen LogP contribution in [-0.2, 0) is 6.54 Å². The van der Waals surface area contributed by atoms with E-state index in [2.05, 4.69) is 15.9 Å². The van der Waals surface area contributed by atoms with Crippen molar-refractivity contribution < 1.29 is 0 Å². The zero-order chi connectivity index (χ0) is 10.8. The average Bonchev–Trinajstić information content (AvgIpc) is 2.53. The first kappa shape index (κ1) is 11.2. The van der Waals surface area contributed by atoms with Crippen molar-refractivity contribution in [2.24, 2.45) is 0 Å². The maximum Gasteiger partial charge on any atom is 0.319 e. The fourth-order valence-electron chi connectivity index (χ4n) is 1.14. The minimum absolute atomic E-state index is 0.0212. The topological polar surface area (TPSA) is 22.0 Å². The molecule has 6 heteroatoms. The Kier molecular flexibility index (Phi) is 3.50. The molecule has 0 amide bonds. The summed E-state index contributed by atoms with van der Waals surface area (Å²) in [5.74, 6) is 0. The van der Waals surface area contributed by atoms with Gasteiger partial charge in [-0.3, -0.25) is 9.36 Å². The number of aromatic nitrogens is 1. The highest BCUT2D eigenvalue weighted by Gasteiger charge is 2.02. The molecule has 1 heterocycles. The minimum Gasteiger partial charge on any atom is -0.276 e. The summed E-state index contributed by atoms with van der Waals surface area (Å²) in [7, 11) is 2.54. The molecule has 0 saturated carbocycles. The van der Waals surface area contributed by atoms with Gasteiger partial charge >= 0.3 is 4.87 Å². The first-order valence-corrected chi connectivity index (χ1v) is 7.46. The summed E-state index contributed by atoms with van der Waals surface area (Å²) >= 11 is 8.45. The molecule has 0 atom stereocenters. The lowest BCUT2D eigenvalue weighted by Crippen LogP contribution is -2.13. The van der Waals surface area contributed by atoms with Crippen molar-refractivity contribution in [1.82, 2.24) is 4.57 Å². The molecule has 1 aromatic heterocycles. The zero-order valence-electron chi connectivity index (χ0n) is 7.47. The van der Waals surface area contributed by atoms with Crippen LogP contribution in [0.1, 0.15) is 5.56 Å². The summed E-state index contributed by atoms with van der Waals surface area (Å²) < 4.78 is 3.30. The number of hydrogen-bond acceptors (Lipinski definition) is 4. The Morgan fingerprint density at radius 1 is 1.27 bits per heavy atom. The molecule has 0 aliphatic rings. The highest BCUT2D eigenvalue weighted by Crippen LogP contribution is 2.12. The maximum atomic E-state index is 11.4. The lowest BCUT2D eigenvalue weighted by atomic mass is 10.2. The van der Waals surface area contributed by atoms with Crippen LogP contribution in [0.15, 0.2) is 33.5 Å². The van der Waals surface area contributed by atoms with E-state index in [0.29, 0.717) is 10.5 Å². The Morgan fingerprint density at radius 2 is 1.93 bits per heavy atom. The molecule has 0 spiro atoms. The lowest BCUT2D eigenvalue weighted by molar-refractivity contribution is 0.780. The Balaban J connectivity index is 2.34. The van der Waals surface area contributed by atoms with E-state index in [1.54, 1.807) is 4.57 Å². The summed E-state index contributed by atoms with van der Waals surface area (Å²) in [4.78, 5) is 11.4. The molecule has 15 heavy (non-hydrogen) atoms. The van der Waals surface area contributed by atoms with E-state index in [1.165, 1.54) is 20.7 Å². The second kappa shape index (κ2) is 4.69. The number of nitrogens with zero attached hydrogens (tertiary/aromatic N) is 1. The van der Waals surface area contributed by atoms with Crippen molar-refractivity contribution >= 4 is 48.8 Å². The zero-order valence-corrected chi connectivity index (χ0v) is 11.5. The third-order valence-corrected chi connectivity index (χ3v) is 5.16. The molecule has 0 unspecified atom stereocenters. The Bertz CT molecular complexity index is 539. The SMILES string of the molecule is O=c1ssc(=S)n1Cc1ccc(Br)cc1. The molecule has 2 rings (SSSR count). The minimum atomic E-state index is 0.0212. The molecule has 0 aliphatic carbocycles. The van der Waals surface area contributed by atoms with Crippen LogP contribution < -0.4 is 4.87 Å². The molecule has 1 aromatic carbocycles. The number of rotatable bonds is 2. The van der Waals surface area contributed by atoms with Gasteiger partial charge in [-0.2, -0.15) is 0 Å².